The normalized spacial score (nSPS) is 17.8. The van der Waals surface area contributed by atoms with E-state index in [1.54, 1.807) is 6.08 Å². The molecule has 0 radical (unpaired) electrons. The zero-order chi connectivity index (χ0) is 66.4. The zero-order valence-electron chi connectivity index (χ0n) is 61.1. The summed E-state index contributed by atoms with van der Waals surface area (Å²) in [6.45, 7) is 3.81. The van der Waals surface area contributed by atoms with E-state index in [9.17, 15) is 30.3 Å². The quantitative estimate of drug-likeness (QED) is 0.0261. The van der Waals surface area contributed by atoms with Crippen molar-refractivity contribution in [2.24, 2.45) is 0 Å². The van der Waals surface area contributed by atoms with E-state index in [-0.39, 0.29) is 12.5 Å². The van der Waals surface area contributed by atoms with Crippen molar-refractivity contribution in [1.82, 2.24) is 5.32 Å². The molecule has 7 atom stereocenters. The summed E-state index contributed by atoms with van der Waals surface area (Å²) < 4.78 is 11.3. The molecule has 7 unspecified atom stereocenters. The topological polar surface area (TPSA) is 149 Å². The predicted molar refractivity (Wildman–Crippen MR) is 396 cm³/mol. The molecule has 9 nitrogen and oxygen atoms in total. The summed E-state index contributed by atoms with van der Waals surface area (Å²) in [5.74, 6) is -0.178. The number of allylic oxidation sites excluding steroid dienone is 7. The first-order valence-corrected chi connectivity index (χ1v) is 40.9. The summed E-state index contributed by atoms with van der Waals surface area (Å²) in [4.78, 5) is 13.2. The van der Waals surface area contributed by atoms with Crippen LogP contribution in [0.4, 0.5) is 0 Å². The Bertz CT molecular complexity index is 1600. The number of amides is 1. The SMILES string of the molecule is CCCCCCC/C=C\C/C=C\CCCCCCCCCCCCCCCCCCCCCCCCCCCCCCCC(=O)NC(COC1OC(CO)C(O)C(O)C1O)C(O)/C=C/CC/C=C/CCCCCCCCCCCCCCCCCCCCCCCC. The Kier molecular flexibility index (Phi) is 68.9. The first-order valence-electron chi connectivity index (χ1n) is 40.9. The molecule has 9 heteroatoms. The molecule has 1 heterocycles. The van der Waals surface area contributed by atoms with Gasteiger partial charge in [0.05, 0.1) is 25.4 Å². The van der Waals surface area contributed by atoms with Crippen LogP contribution in [-0.2, 0) is 14.3 Å². The molecule has 0 aromatic heterocycles. The van der Waals surface area contributed by atoms with Gasteiger partial charge in [0.15, 0.2) is 6.29 Å². The van der Waals surface area contributed by atoms with Gasteiger partial charge in [-0.2, -0.15) is 0 Å². The minimum absolute atomic E-state index is 0.178. The third-order valence-corrected chi connectivity index (χ3v) is 19.6. The molecule has 92 heavy (non-hydrogen) atoms. The number of aliphatic hydroxyl groups excluding tert-OH is 5. The molecule has 0 aliphatic carbocycles. The highest BCUT2D eigenvalue weighted by atomic mass is 16.7. The number of hydrogen-bond donors (Lipinski definition) is 6. The van der Waals surface area contributed by atoms with Crippen LogP contribution < -0.4 is 5.32 Å². The van der Waals surface area contributed by atoms with Crippen LogP contribution in [0, 0.1) is 0 Å². The second-order valence-corrected chi connectivity index (χ2v) is 28.6. The largest absolute Gasteiger partial charge is 0.394 e. The molecule has 1 saturated heterocycles. The van der Waals surface area contributed by atoms with Crippen LogP contribution in [0.2, 0.25) is 0 Å². The second-order valence-electron chi connectivity index (χ2n) is 28.6. The highest BCUT2D eigenvalue weighted by molar-refractivity contribution is 5.76. The van der Waals surface area contributed by atoms with E-state index >= 15 is 0 Å². The van der Waals surface area contributed by atoms with Gasteiger partial charge in [-0.15, -0.1) is 0 Å². The van der Waals surface area contributed by atoms with Crippen LogP contribution in [0.25, 0.3) is 0 Å². The number of nitrogens with one attached hydrogen (secondary N) is 1. The van der Waals surface area contributed by atoms with Crippen LogP contribution in [0.3, 0.4) is 0 Å². The predicted octanol–water partition coefficient (Wildman–Crippen LogP) is 23.5. The average Bonchev–Trinajstić information content (AvgIpc) is 1.00. The van der Waals surface area contributed by atoms with Crippen LogP contribution in [0.5, 0.6) is 0 Å². The van der Waals surface area contributed by atoms with Gasteiger partial charge in [0.25, 0.3) is 0 Å². The maximum Gasteiger partial charge on any atom is 0.220 e. The molecule has 0 bridgehead atoms. The van der Waals surface area contributed by atoms with Gasteiger partial charge < -0.3 is 40.3 Å². The van der Waals surface area contributed by atoms with Crippen molar-refractivity contribution in [2.45, 2.75) is 461 Å². The number of unbranched alkanes of at least 4 members (excludes halogenated alkanes) is 57. The summed E-state index contributed by atoms with van der Waals surface area (Å²) in [5.41, 5.74) is 0. The van der Waals surface area contributed by atoms with Crippen molar-refractivity contribution in [3.63, 3.8) is 0 Å². The van der Waals surface area contributed by atoms with Crippen LogP contribution in [0.15, 0.2) is 48.6 Å². The first kappa shape index (κ1) is 88.2. The lowest BCUT2D eigenvalue weighted by Gasteiger charge is -2.40. The van der Waals surface area contributed by atoms with E-state index in [1.807, 2.05) is 6.08 Å². The summed E-state index contributed by atoms with van der Waals surface area (Å²) in [5, 5.41) is 54.9. The fourth-order valence-electron chi connectivity index (χ4n) is 13.3. The van der Waals surface area contributed by atoms with Crippen molar-refractivity contribution in [1.29, 1.82) is 0 Å². The Labute approximate surface area is 571 Å². The molecule has 0 spiro atoms. The fourth-order valence-corrected chi connectivity index (χ4v) is 13.3. The van der Waals surface area contributed by atoms with Crippen LogP contribution >= 0.6 is 0 Å². The summed E-state index contributed by atoms with van der Waals surface area (Å²) >= 11 is 0. The van der Waals surface area contributed by atoms with Crippen LogP contribution in [-0.4, -0.2) is 87.5 Å². The highest BCUT2D eigenvalue weighted by Crippen LogP contribution is 2.24. The molecule has 0 aromatic carbocycles. The Morgan fingerprint density at radius 1 is 0.370 bits per heavy atom. The first-order chi connectivity index (χ1) is 45.3. The molecular weight excluding hydrogens is 1140 g/mol. The maximum absolute atomic E-state index is 13.2. The lowest BCUT2D eigenvalue weighted by atomic mass is 9.99. The number of aliphatic hydroxyl groups is 5. The van der Waals surface area contributed by atoms with Gasteiger partial charge in [0, 0.05) is 6.42 Å². The van der Waals surface area contributed by atoms with Gasteiger partial charge in [-0.05, 0) is 64.2 Å². The third kappa shape index (κ3) is 59.4. The van der Waals surface area contributed by atoms with E-state index in [0.29, 0.717) is 6.42 Å². The molecule has 0 saturated carbocycles. The van der Waals surface area contributed by atoms with E-state index in [1.165, 1.54) is 353 Å². The molecule has 1 aliphatic heterocycles. The number of ether oxygens (including phenoxy) is 2. The van der Waals surface area contributed by atoms with Crippen LogP contribution in [0.1, 0.15) is 418 Å². The Balaban J connectivity index is 2.05. The van der Waals surface area contributed by atoms with Gasteiger partial charge in [0.1, 0.15) is 24.4 Å². The molecule has 1 rings (SSSR count). The Hall–Kier alpha value is -1.85. The minimum atomic E-state index is -1.57. The molecule has 0 aromatic rings. The van der Waals surface area contributed by atoms with Gasteiger partial charge in [-0.1, -0.05) is 396 Å². The number of hydrogen-bond acceptors (Lipinski definition) is 8. The Morgan fingerprint density at radius 2 is 0.652 bits per heavy atom. The van der Waals surface area contributed by atoms with Crippen molar-refractivity contribution < 1.29 is 39.8 Å². The number of rotatable bonds is 73. The number of carbonyl (C=O) groups excluding carboxylic acids is 1. The zero-order valence-corrected chi connectivity index (χ0v) is 61.1. The Morgan fingerprint density at radius 3 is 0.978 bits per heavy atom. The molecule has 1 fully saturated rings. The third-order valence-electron chi connectivity index (χ3n) is 19.6. The lowest BCUT2D eigenvalue weighted by molar-refractivity contribution is -0.302. The van der Waals surface area contributed by atoms with Crippen molar-refractivity contribution in [3.8, 4) is 0 Å². The summed E-state index contributed by atoms with van der Waals surface area (Å²) in [6, 6.07) is -0.823. The van der Waals surface area contributed by atoms with E-state index in [2.05, 4.69) is 55.6 Å². The van der Waals surface area contributed by atoms with Crippen molar-refractivity contribution in [2.75, 3.05) is 13.2 Å². The molecule has 1 amide bonds. The van der Waals surface area contributed by atoms with Gasteiger partial charge >= 0.3 is 0 Å². The monoisotopic (exact) mass is 1300 g/mol. The molecule has 6 N–H and O–H groups in total. The van der Waals surface area contributed by atoms with Gasteiger partial charge in [-0.25, -0.2) is 0 Å². The van der Waals surface area contributed by atoms with E-state index in [4.69, 9.17) is 9.47 Å². The second kappa shape index (κ2) is 71.9. The lowest BCUT2D eigenvalue weighted by Crippen LogP contribution is -2.60. The smallest absolute Gasteiger partial charge is 0.220 e. The molecular formula is C83H157NO8. The van der Waals surface area contributed by atoms with E-state index in [0.717, 1.165) is 44.9 Å². The average molecular weight is 1300 g/mol. The fraction of sp³-hybridized carbons (Fsp3) is 0.892. The molecule has 542 valence electrons. The standard InChI is InChI=1S/C83H157NO8/c1-3-5-7-9-11-13-15-17-19-21-23-25-27-29-31-33-34-35-36-37-38-39-40-41-42-43-44-45-47-49-51-53-55-57-59-61-63-65-67-69-71-73-79(87)84-76(75-91-83-82(90)81(89)80(88)78(74-85)92-83)77(86)72-70-68-66-64-62-60-58-56-54-52-50-48-46-32-30-28-26-24-22-20-18-16-14-12-10-8-6-4-2/h15,17,21,23,62,64,70,72,76-78,80-83,85-86,88-90H,3-14,16,18-20,22,24-61,63,65-69,71,73-75H2,1-2H3,(H,84,87)/b17-15-,23-21-,64-62+,72-70+. The van der Waals surface area contributed by atoms with Crippen molar-refractivity contribution in [3.05, 3.63) is 48.6 Å². The van der Waals surface area contributed by atoms with Gasteiger partial charge in [-0.3, -0.25) is 4.79 Å². The van der Waals surface area contributed by atoms with Gasteiger partial charge in [0.2, 0.25) is 5.91 Å². The summed E-state index contributed by atoms with van der Waals surface area (Å²) in [6.07, 6.45) is 92.8. The summed E-state index contributed by atoms with van der Waals surface area (Å²) in [7, 11) is 0. The maximum atomic E-state index is 13.2. The van der Waals surface area contributed by atoms with E-state index < -0.39 is 49.5 Å². The number of carbonyl (C=O) groups is 1. The molecule has 1 aliphatic rings. The highest BCUT2D eigenvalue weighted by Gasteiger charge is 2.44. The van der Waals surface area contributed by atoms with Crippen molar-refractivity contribution >= 4 is 5.91 Å². The minimum Gasteiger partial charge on any atom is -0.394 e.